The van der Waals surface area contributed by atoms with E-state index in [0.29, 0.717) is 25.2 Å². The summed E-state index contributed by atoms with van der Waals surface area (Å²) >= 11 is 0. The minimum atomic E-state index is -0.808. The maximum atomic E-state index is 13.7. The number of nitrogens with zero attached hydrogens (tertiary/aromatic N) is 5. The molecule has 15 nitrogen and oxygen atoms in total. The van der Waals surface area contributed by atoms with Gasteiger partial charge in [0.25, 0.3) is 0 Å². The topological polar surface area (TPSA) is 198 Å². The number of carbonyl (C=O) groups excluding carboxylic acids is 4. The molecule has 2 aliphatic heterocycles. The first kappa shape index (κ1) is 41.5. The van der Waals surface area contributed by atoms with Crippen molar-refractivity contribution in [3.63, 3.8) is 0 Å². The van der Waals surface area contributed by atoms with Crippen LogP contribution in [0, 0.1) is 30.1 Å². The summed E-state index contributed by atoms with van der Waals surface area (Å²) in [6.07, 6.45) is 4.77. The van der Waals surface area contributed by atoms with E-state index in [-0.39, 0.29) is 36.2 Å². The number of aromatic amines is 2. The van der Waals surface area contributed by atoms with E-state index in [0.717, 1.165) is 68.6 Å². The van der Waals surface area contributed by atoms with Crippen molar-refractivity contribution in [2.24, 2.45) is 11.8 Å². The number of nitriles is 1. The van der Waals surface area contributed by atoms with Crippen molar-refractivity contribution in [2.45, 2.75) is 77.5 Å². The van der Waals surface area contributed by atoms with Gasteiger partial charge in [0.15, 0.2) is 0 Å². The molecule has 2 fully saturated rings. The standard InChI is InChI=1S/C45H51N9O6/c1-7-34(51-44(57)59-5)42(55)53-16-8-9-37(53)40-48-23-36(50-40)33-20-31-15-14-30(19-32(31)17-26(33)4)28-10-12-29(13-11-28)35-22-47-41(49-35)38-18-27(21-46)24-54(38)43(56)39(25(2)3)52-45(58)60-6/h10-15,17,19-20,22-23,25,27,34,37-39H,7-9,16,18,24H2,1-6H3,(H,47,49)(H,48,50)(H,51,57)(H,52,58). The van der Waals surface area contributed by atoms with Gasteiger partial charge in [-0.2, -0.15) is 5.26 Å². The monoisotopic (exact) mass is 813 g/mol. The summed E-state index contributed by atoms with van der Waals surface area (Å²) in [6.45, 7) is 8.47. The van der Waals surface area contributed by atoms with Crippen LogP contribution in [0.5, 0.6) is 0 Å². The molecular formula is C45H51N9O6. The van der Waals surface area contributed by atoms with Crippen LogP contribution in [0.1, 0.15) is 75.8 Å². The Morgan fingerprint density at radius 1 is 0.833 bits per heavy atom. The first-order valence-electron chi connectivity index (χ1n) is 20.4. The van der Waals surface area contributed by atoms with Gasteiger partial charge in [-0.15, -0.1) is 0 Å². The molecule has 0 spiro atoms. The maximum Gasteiger partial charge on any atom is 0.407 e. The van der Waals surface area contributed by atoms with Crippen LogP contribution in [0.2, 0.25) is 0 Å². The van der Waals surface area contributed by atoms with Gasteiger partial charge < -0.3 is 39.9 Å². The van der Waals surface area contributed by atoms with Crippen LogP contribution < -0.4 is 10.6 Å². The summed E-state index contributed by atoms with van der Waals surface area (Å²) in [7, 11) is 2.54. The van der Waals surface area contributed by atoms with Crippen molar-refractivity contribution in [1.29, 1.82) is 5.26 Å². The quantitative estimate of drug-likeness (QED) is 0.107. The Kier molecular flexibility index (Phi) is 12.2. The molecular weight excluding hydrogens is 763 g/mol. The Labute approximate surface area is 348 Å². The van der Waals surface area contributed by atoms with Crippen molar-refractivity contribution in [3.8, 4) is 39.7 Å². The van der Waals surface area contributed by atoms with Gasteiger partial charge in [-0.05, 0) is 83.7 Å². The minimum Gasteiger partial charge on any atom is -0.453 e. The first-order valence-corrected chi connectivity index (χ1v) is 20.4. The fourth-order valence-electron chi connectivity index (χ4n) is 8.38. The molecule has 2 aliphatic rings. The van der Waals surface area contributed by atoms with Crippen molar-refractivity contribution >= 4 is 34.8 Å². The van der Waals surface area contributed by atoms with Gasteiger partial charge >= 0.3 is 12.2 Å². The average Bonchev–Trinajstić information content (AvgIpc) is 4.10. The molecule has 4 amide bonds. The zero-order valence-electron chi connectivity index (χ0n) is 34.7. The molecule has 3 aromatic carbocycles. The van der Waals surface area contributed by atoms with Gasteiger partial charge in [-0.25, -0.2) is 19.6 Å². The number of hydrogen-bond acceptors (Lipinski definition) is 9. The molecule has 4 heterocycles. The second-order valence-electron chi connectivity index (χ2n) is 15.9. The fourth-order valence-corrected chi connectivity index (χ4v) is 8.38. The highest BCUT2D eigenvalue weighted by atomic mass is 16.5. The summed E-state index contributed by atoms with van der Waals surface area (Å²) in [5, 5.41) is 17.2. The van der Waals surface area contributed by atoms with Crippen molar-refractivity contribution in [3.05, 3.63) is 84.2 Å². The number of likely N-dealkylation sites (tertiary alicyclic amines) is 2. The number of H-pyrrole nitrogens is 2. The third-order valence-corrected chi connectivity index (χ3v) is 11.7. The molecule has 7 rings (SSSR count). The van der Waals surface area contributed by atoms with E-state index in [1.54, 1.807) is 16.0 Å². The van der Waals surface area contributed by atoms with Crippen molar-refractivity contribution in [1.82, 2.24) is 40.4 Å². The Bertz CT molecular complexity index is 2430. The van der Waals surface area contributed by atoms with E-state index in [1.807, 2.05) is 39.1 Å². The minimum absolute atomic E-state index is 0.143. The van der Waals surface area contributed by atoms with E-state index in [1.165, 1.54) is 14.2 Å². The number of fused-ring (bicyclic) bond motifs is 1. The Hall–Kier alpha value is -6.69. The van der Waals surface area contributed by atoms with Crippen LogP contribution in [0.4, 0.5) is 9.59 Å². The lowest BCUT2D eigenvalue weighted by atomic mass is 9.96. The molecule has 5 unspecified atom stereocenters. The molecule has 5 aromatic rings. The van der Waals surface area contributed by atoms with Crippen LogP contribution in [0.15, 0.2) is 67.0 Å². The van der Waals surface area contributed by atoms with Gasteiger partial charge in [-0.3, -0.25) is 9.59 Å². The first-order chi connectivity index (χ1) is 28.9. The number of alkyl carbamates (subject to hydrolysis) is 2. The number of carbonyl (C=O) groups is 4. The molecule has 2 aromatic heterocycles. The maximum absolute atomic E-state index is 13.7. The van der Waals surface area contributed by atoms with Gasteiger partial charge in [0.05, 0.1) is 62.1 Å². The number of benzene rings is 3. The highest BCUT2D eigenvalue weighted by Crippen LogP contribution is 2.37. The normalized spacial score (nSPS) is 18.6. The summed E-state index contributed by atoms with van der Waals surface area (Å²) < 4.78 is 9.48. The summed E-state index contributed by atoms with van der Waals surface area (Å²) in [5.74, 6) is 0.326. The number of aromatic nitrogens is 4. The van der Waals surface area contributed by atoms with Crippen LogP contribution in [0.25, 0.3) is 44.4 Å². The average molecular weight is 814 g/mol. The highest BCUT2D eigenvalue weighted by Gasteiger charge is 2.42. The van der Waals surface area contributed by atoms with Crippen LogP contribution in [0.3, 0.4) is 0 Å². The van der Waals surface area contributed by atoms with E-state index >= 15 is 0 Å². The molecule has 15 heteroatoms. The van der Waals surface area contributed by atoms with Crippen molar-refractivity contribution in [2.75, 3.05) is 27.3 Å². The van der Waals surface area contributed by atoms with Gasteiger partial charge in [0, 0.05) is 18.7 Å². The van der Waals surface area contributed by atoms with E-state index < -0.39 is 30.3 Å². The number of amides is 4. The van der Waals surface area contributed by atoms with E-state index in [4.69, 9.17) is 14.5 Å². The Morgan fingerprint density at radius 2 is 1.48 bits per heavy atom. The second kappa shape index (κ2) is 17.7. The van der Waals surface area contributed by atoms with Gasteiger partial charge in [-0.1, -0.05) is 63.2 Å². The molecule has 4 N–H and O–H groups in total. The summed E-state index contributed by atoms with van der Waals surface area (Å²) in [4.78, 5) is 70.8. The third-order valence-electron chi connectivity index (χ3n) is 11.7. The molecule has 312 valence electrons. The smallest absolute Gasteiger partial charge is 0.407 e. The van der Waals surface area contributed by atoms with Crippen LogP contribution in [-0.4, -0.2) is 93.1 Å². The lowest BCUT2D eigenvalue weighted by Gasteiger charge is -2.29. The molecule has 0 aliphatic carbocycles. The predicted octanol–water partition coefficient (Wildman–Crippen LogP) is 7.19. The highest BCUT2D eigenvalue weighted by molar-refractivity contribution is 5.92. The number of ether oxygens (including phenoxy) is 2. The largest absolute Gasteiger partial charge is 0.453 e. The van der Waals surface area contributed by atoms with Gasteiger partial charge in [0.1, 0.15) is 23.7 Å². The number of methoxy groups -OCH3 is 2. The SMILES string of the molecule is CCC(NC(=O)OC)C(=O)N1CCCC1c1ncc(-c2cc3ccc(-c4ccc(-c5cnc(C6CC(C#N)CN6C(=O)C(NC(=O)OC)C(C)C)[nH]5)cc4)cc3cc2C)[nH]1. The number of nitrogens with one attached hydrogen (secondary N) is 4. The Morgan fingerprint density at radius 3 is 2.17 bits per heavy atom. The van der Waals surface area contributed by atoms with Crippen LogP contribution in [-0.2, 0) is 19.1 Å². The number of imidazole rings is 2. The number of hydrogen-bond donors (Lipinski definition) is 4. The third kappa shape index (κ3) is 8.40. The van der Waals surface area contributed by atoms with Crippen LogP contribution >= 0.6 is 0 Å². The molecule has 60 heavy (non-hydrogen) atoms. The second-order valence-corrected chi connectivity index (χ2v) is 15.9. The Balaban J connectivity index is 1.06. The van der Waals surface area contributed by atoms with Crippen molar-refractivity contribution < 1.29 is 28.7 Å². The molecule has 0 bridgehead atoms. The predicted molar refractivity (Wildman–Crippen MR) is 225 cm³/mol. The molecule has 0 saturated carbocycles. The zero-order valence-corrected chi connectivity index (χ0v) is 34.7. The molecule has 0 radical (unpaired) electrons. The van der Waals surface area contributed by atoms with Gasteiger partial charge in [0.2, 0.25) is 11.8 Å². The molecule has 2 saturated heterocycles. The molecule has 5 atom stereocenters. The summed E-state index contributed by atoms with van der Waals surface area (Å²) in [6, 6.07) is 19.1. The number of rotatable bonds is 11. The lowest BCUT2D eigenvalue weighted by molar-refractivity contribution is -0.136. The fraction of sp³-hybridized carbons (Fsp3) is 0.400. The number of aryl methyl sites for hydroxylation is 1. The zero-order chi connectivity index (χ0) is 42.7. The summed E-state index contributed by atoms with van der Waals surface area (Å²) in [5.41, 5.74) is 6.80. The lowest BCUT2D eigenvalue weighted by Crippen LogP contribution is -2.51. The van der Waals surface area contributed by atoms with E-state index in [2.05, 4.69) is 81.0 Å². The van der Waals surface area contributed by atoms with E-state index in [9.17, 15) is 24.4 Å².